The summed E-state index contributed by atoms with van der Waals surface area (Å²) in [6.07, 6.45) is 3.50. The van der Waals surface area contributed by atoms with Crippen LogP contribution in [0.25, 0.3) is 10.9 Å². The van der Waals surface area contributed by atoms with Crippen molar-refractivity contribution >= 4 is 32.7 Å². The Labute approximate surface area is 168 Å². The fourth-order valence-corrected chi connectivity index (χ4v) is 3.62. The van der Waals surface area contributed by atoms with Crippen molar-refractivity contribution in [2.24, 2.45) is 0 Å². The average molecular weight is 429 g/mol. The predicted octanol–water partition coefficient (Wildman–Crippen LogP) is 4.92. The maximum absolute atomic E-state index is 11.5. The number of rotatable bonds is 8. The summed E-state index contributed by atoms with van der Waals surface area (Å²) in [5, 5.41) is 4.15. The fourth-order valence-electron chi connectivity index (χ4n) is 3.21. The van der Waals surface area contributed by atoms with Crippen LogP contribution in [0, 0.1) is 0 Å². The van der Waals surface area contributed by atoms with Crippen molar-refractivity contribution in [3.05, 3.63) is 64.3 Å². The molecule has 0 radical (unpaired) electrons. The molecule has 0 aliphatic carbocycles. The van der Waals surface area contributed by atoms with Gasteiger partial charge < -0.3 is 14.6 Å². The molecule has 0 aliphatic heterocycles. The van der Waals surface area contributed by atoms with Gasteiger partial charge in [-0.3, -0.25) is 4.79 Å². The first-order valence-corrected chi connectivity index (χ1v) is 10.2. The van der Waals surface area contributed by atoms with Crippen molar-refractivity contribution in [2.75, 3.05) is 13.2 Å². The third-order valence-electron chi connectivity index (χ3n) is 4.58. The maximum atomic E-state index is 11.5. The molecule has 0 unspecified atom stereocenters. The van der Waals surface area contributed by atoms with Crippen LogP contribution in [-0.4, -0.2) is 23.6 Å². The number of amides is 1. The van der Waals surface area contributed by atoms with Crippen LogP contribution in [0.4, 0.5) is 0 Å². The van der Waals surface area contributed by atoms with E-state index < -0.39 is 0 Å². The number of halogens is 1. The van der Waals surface area contributed by atoms with Gasteiger partial charge in [-0.25, -0.2) is 0 Å². The van der Waals surface area contributed by atoms with Gasteiger partial charge in [-0.15, -0.1) is 0 Å². The lowest BCUT2D eigenvalue weighted by Crippen LogP contribution is -2.24. The van der Waals surface area contributed by atoms with Crippen LogP contribution in [-0.2, 0) is 17.8 Å². The van der Waals surface area contributed by atoms with Gasteiger partial charge in [-0.05, 0) is 48.7 Å². The number of hydrogen-bond donors (Lipinski definition) is 1. The molecule has 1 aromatic heterocycles. The lowest BCUT2D eigenvalue weighted by atomic mass is 10.1. The Kier molecular flexibility index (Phi) is 6.56. The molecule has 3 aromatic rings. The maximum Gasteiger partial charge on any atom is 0.219 e. The molecule has 27 heavy (non-hydrogen) atoms. The molecule has 0 saturated heterocycles. The molecule has 0 spiro atoms. The van der Waals surface area contributed by atoms with Crippen LogP contribution in [0.5, 0.6) is 5.75 Å². The summed E-state index contributed by atoms with van der Waals surface area (Å²) < 4.78 is 9.06. The summed E-state index contributed by atoms with van der Waals surface area (Å²) in [6, 6.07) is 14.5. The number of hydrogen-bond acceptors (Lipinski definition) is 2. The van der Waals surface area contributed by atoms with Gasteiger partial charge in [-0.2, -0.15) is 0 Å². The van der Waals surface area contributed by atoms with Crippen molar-refractivity contribution in [3.63, 3.8) is 0 Å². The minimum atomic E-state index is 0.0851. The molecule has 5 heteroatoms. The van der Waals surface area contributed by atoms with Crippen LogP contribution >= 0.6 is 15.9 Å². The first-order valence-electron chi connectivity index (χ1n) is 9.37. The highest BCUT2D eigenvalue weighted by atomic mass is 79.9. The SMILES string of the molecule is CCOc1ccc2c(c1)c(CCNC(=O)CC)cn2Cc1ccccc1Br. The van der Waals surface area contributed by atoms with E-state index in [2.05, 4.69) is 62.3 Å². The van der Waals surface area contributed by atoms with Crippen LogP contribution in [0.3, 0.4) is 0 Å². The number of nitrogens with one attached hydrogen (secondary N) is 1. The molecule has 1 heterocycles. The van der Waals surface area contributed by atoms with Gasteiger partial charge in [0.15, 0.2) is 0 Å². The average Bonchev–Trinajstić information content (AvgIpc) is 3.01. The summed E-state index contributed by atoms with van der Waals surface area (Å²) in [4.78, 5) is 11.5. The standard InChI is InChI=1S/C22H25BrN2O2/c1-3-22(26)24-12-11-16-14-25(15-17-7-5-6-8-20(17)23)21-10-9-18(27-4-2)13-19(16)21/h5-10,13-14H,3-4,11-12,15H2,1-2H3,(H,24,26). The lowest BCUT2D eigenvalue weighted by Gasteiger charge is -2.08. The van der Waals surface area contributed by atoms with Gasteiger partial charge in [0.2, 0.25) is 5.91 Å². The van der Waals surface area contributed by atoms with E-state index in [0.717, 1.165) is 23.2 Å². The molecule has 0 saturated carbocycles. The van der Waals surface area contributed by atoms with Crippen LogP contribution < -0.4 is 10.1 Å². The molecule has 4 nitrogen and oxygen atoms in total. The topological polar surface area (TPSA) is 43.3 Å². The van der Waals surface area contributed by atoms with Crippen LogP contribution in [0.2, 0.25) is 0 Å². The third kappa shape index (κ3) is 4.72. The summed E-state index contributed by atoms with van der Waals surface area (Å²) in [6.45, 7) is 5.93. The van der Waals surface area contributed by atoms with E-state index in [0.29, 0.717) is 19.6 Å². The molecular formula is C22H25BrN2O2. The molecule has 0 aliphatic rings. The van der Waals surface area contributed by atoms with E-state index in [1.807, 2.05) is 26.0 Å². The first-order chi connectivity index (χ1) is 13.1. The Morgan fingerprint density at radius 3 is 2.70 bits per heavy atom. The highest BCUT2D eigenvalue weighted by Crippen LogP contribution is 2.28. The van der Waals surface area contributed by atoms with Gasteiger partial charge in [0, 0.05) is 41.1 Å². The van der Waals surface area contributed by atoms with Crippen molar-refractivity contribution < 1.29 is 9.53 Å². The molecule has 0 atom stereocenters. The predicted molar refractivity (Wildman–Crippen MR) is 113 cm³/mol. The number of aromatic nitrogens is 1. The quantitative estimate of drug-likeness (QED) is 0.553. The molecule has 2 aromatic carbocycles. The molecule has 3 rings (SSSR count). The Morgan fingerprint density at radius 2 is 1.96 bits per heavy atom. The zero-order chi connectivity index (χ0) is 19.2. The van der Waals surface area contributed by atoms with E-state index in [1.54, 1.807) is 0 Å². The van der Waals surface area contributed by atoms with Crippen LogP contribution in [0.1, 0.15) is 31.4 Å². The summed E-state index contributed by atoms with van der Waals surface area (Å²) >= 11 is 3.64. The molecular weight excluding hydrogens is 404 g/mol. The van der Waals surface area contributed by atoms with Crippen molar-refractivity contribution in [2.45, 2.75) is 33.2 Å². The Bertz CT molecular complexity index is 933. The van der Waals surface area contributed by atoms with Crippen molar-refractivity contribution in [3.8, 4) is 5.75 Å². The Hall–Kier alpha value is -2.27. The van der Waals surface area contributed by atoms with E-state index in [9.17, 15) is 4.79 Å². The number of carbonyl (C=O) groups excluding carboxylic acids is 1. The molecule has 0 bridgehead atoms. The summed E-state index contributed by atoms with van der Waals surface area (Å²) in [7, 11) is 0. The molecule has 142 valence electrons. The monoisotopic (exact) mass is 428 g/mol. The zero-order valence-corrected chi connectivity index (χ0v) is 17.4. The highest BCUT2D eigenvalue weighted by molar-refractivity contribution is 9.10. The lowest BCUT2D eigenvalue weighted by molar-refractivity contribution is -0.120. The minimum Gasteiger partial charge on any atom is -0.494 e. The first kappa shape index (κ1) is 19.5. The number of benzene rings is 2. The van der Waals surface area contributed by atoms with Crippen LogP contribution in [0.15, 0.2) is 53.1 Å². The van der Waals surface area contributed by atoms with Crippen molar-refractivity contribution in [1.29, 1.82) is 0 Å². The normalized spacial score (nSPS) is 10.9. The molecule has 0 fully saturated rings. The third-order valence-corrected chi connectivity index (χ3v) is 5.36. The summed E-state index contributed by atoms with van der Waals surface area (Å²) in [5.41, 5.74) is 3.62. The van der Waals surface area contributed by atoms with Gasteiger partial charge in [0.25, 0.3) is 0 Å². The van der Waals surface area contributed by atoms with Gasteiger partial charge in [-0.1, -0.05) is 41.1 Å². The van der Waals surface area contributed by atoms with E-state index >= 15 is 0 Å². The zero-order valence-electron chi connectivity index (χ0n) is 15.8. The van der Waals surface area contributed by atoms with E-state index in [-0.39, 0.29) is 5.91 Å². The van der Waals surface area contributed by atoms with Gasteiger partial charge in [0.1, 0.15) is 5.75 Å². The fraction of sp³-hybridized carbons (Fsp3) is 0.318. The summed E-state index contributed by atoms with van der Waals surface area (Å²) in [5.74, 6) is 0.962. The molecule has 1 N–H and O–H groups in total. The van der Waals surface area contributed by atoms with E-state index in [4.69, 9.17) is 4.74 Å². The van der Waals surface area contributed by atoms with Gasteiger partial charge in [0.05, 0.1) is 6.61 Å². The minimum absolute atomic E-state index is 0.0851. The van der Waals surface area contributed by atoms with Crippen molar-refractivity contribution in [1.82, 2.24) is 9.88 Å². The van der Waals surface area contributed by atoms with E-state index in [1.165, 1.54) is 22.0 Å². The number of carbonyl (C=O) groups is 1. The highest BCUT2D eigenvalue weighted by Gasteiger charge is 2.11. The smallest absolute Gasteiger partial charge is 0.219 e. The number of ether oxygens (including phenoxy) is 1. The van der Waals surface area contributed by atoms with Gasteiger partial charge >= 0.3 is 0 Å². The largest absolute Gasteiger partial charge is 0.494 e. The molecule has 1 amide bonds. The second-order valence-electron chi connectivity index (χ2n) is 6.44. The number of nitrogens with zero attached hydrogens (tertiary/aromatic N) is 1. The number of fused-ring (bicyclic) bond motifs is 1. The second kappa shape index (κ2) is 9.09. The second-order valence-corrected chi connectivity index (χ2v) is 7.29. The Morgan fingerprint density at radius 1 is 1.15 bits per heavy atom. The Balaban J connectivity index is 1.93.